The maximum atomic E-state index is 11.2. The van der Waals surface area contributed by atoms with Gasteiger partial charge in [-0.3, -0.25) is 4.79 Å². The Morgan fingerprint density at radius 2 is 1.65 bits per heavy atom. The fourth-order valence-corrected chi connectivity index (χ4v) is 2.73. The van der Waals surface area contributed by atoms with Crippen molar-refractivity contribution in [3.63, 3.8) is 0 Å². The number of aryl methyl sites for hydroxylation is 1. The minimum Gasteiger partial charge on any atom is -0.353 e. The third-order valence-corrected chi connectivity index (χ3v) is 3.93. The molecule has 2 heteroatoms. The Hall–Kier alpha value is -2.09. The molecule has 1 fully saturated rings. The Morgan fingerprint density at radius 1 is 0.950 bits per heavy atom. The second kappa shape index (κ2) is 5.91. The minimum atomic E-state index is 0.203. The third-order valence-electron chi connectivity index (χ3n) is 3.93. The Balaban J connectivity index is 1.60. The lowest BCUT2D eigenvalue weighted by Crippen LogP contribution is -2.25. The van der Waals surface area contributed by atoms with Crippen LogP contribution in [0.1, 0.15) is 24.8 Å². The second-order valence-corrected chi connectivity index (χ2v) is 5.40. The van der Waals surface area contributed by atoms with Gasteiger partial charge in [0.05, 0.1) is 0 Å². The van der Waals surface area contributed by atoms with Gasteiger partial charge in [0.15, 0.2) is 0 Å². The molecule has 1 aliphatic heterocycles. The second-order valence-electron chi connectivity index (χ2n) is 5.40. The summed E-state index contributed by atoms with van der Waals surface area (Å²) in [6.45, 7) is 0. The van der Waals surface area contributed by atoms with Gasteiger partial charge in [-0.05, 0) is 36.0 Å². The quantitative estimate of drug-likeness (QED) is 0.899. The molecule has 1 aliphatic rings. The Kier molecular flexibility index (Phi) is 3.82. The summed E-state index contributed by atoms with van der Waals surface area (Å²) in [6, 6.07) is 19.5. The van der Waals surface area contributed by atoms with Crippen LogP contribution in [0.25, 0.3) is 11.1 Å². The summed E-state index contributed by atoms with van der Waals surface area (Å²) in [5.74, 6) is 0.203. The first kappa shape index (κ1) is 12.9. The summed E-state index contributed by atoms with van der Waals surface area (Å²) >= 11 is 0. The van der Waals surface area contributed by atoms with Crippen LogP contribution in [0.2, 0.25) is 0 Å². The van der Waals surface area contributed by atoms with Crippen LogP contribution in [0.3, 0.4) is 0 Å². The molecule has 0 aromatic heterocycles. The van der Waals surface area contributed by atoms with Gasteiger partial charge < -0.3 is 5.32 Å². The molecule has 0 spiro atoms. The molecular formula is C18H19NO. The molecule has 0 aliphatic carbocycles. The van der Waals surface area contributed by atoms with E-state index in [1.807, 2.05) is 6.07 Å². The summed E-state index contributed by atoms with van der Waals surface area (Å²) in [5, 5.41) is 3.02. The topological polar surface area (TPSA) is 29.1 Å². The molecule has 2 aromatic carbocycles. The van der Waals surface area contributed by atoms with Crippen molar-refractivity contribution in [1.82, 2.24) is 5.32 Å². The fourth-order valence-electron chi connectivity index (χ4n) is 2.73. The van der Waals surface area contributed by atoms with Crippen molar-refractivity contribution in [2.75, 3.05) is 0 Å². The van der Waals surface area contributed by atoms with Crippen LogP contribution in [0, 0.1) is 0 Å². The number of carbonyl (C=O) groups excluding carboxylic acids is 1. The summed E-state index contributed by atoms with van der Waals surface area (Å²) in [4.78, 5) is 11.2. The normalized spacial score (nSPS) is 18.0. The number of rotatable bonds is 4. The highest BCUT2D eigenvalue weighted by Crippen LogP contribution is 2.20. The van der Waals surface area contributed by atoms with Gasteiger partial charge in [0.1, 0.15) is 0 Å². The molecule has 20 heavy (non-hydrogen) atoms. The number of hydrogen-bond donors (Lipinski definition) is 1. The highest BCUT2D eigenvalue weighted by Gasteiger charge is 2.19. The standard InChI is InChI=1S/C18H19NO/c20-18-13-12-17(19-18)11-8-14-6-9-16(10-7-14)15-4-2-1-3-5-15/h1-7,9-10,17H,8,11-13H2,(H,19,20)/t17-/m1/s1. The Labute approximate surface area is 119 Å². The number of benzene rings is 2. The third kappa shape index (κ3) is 3.08. The van der Waals surface area contributed by atoms with Crippen LogP contribution in [0.5, 0.6) is 0 Å². The Bertz CT molecular complexity index is 574. The van der Waals surface area contributed by atoms with E-state index in [4.69, 9.17) is 0 Å². The van der Waals surface area contributed by atoms with E-state index >= 15 is 0 Å². The highest BCUT2D eigenvalue weighted by molar-refractivity contribution is 5.78. The lowest BCUT2D eigenvalue weighted by atomic mass is 10.0. The van der Waals surface area contributed by atoms with Crippen molar-refractivity contribution in [1.29, 1.82) is 0 Å². The summed E-state index contributed by atoms with van der Waals surface area (Å²) in [5.41, 5.74) is 3.84. The predicted octanol–water partition coefficient (Wildman–Crippen LogP) is 3.56. The van der Waals surface area contributed by atoms with Gasteiger partial charge in [-0.15, -0.1) is 0 Å². The van der Waals surface area contributed by atoms with Gasteiger partial charge in [0.2, 0.25) is 5.91 Å². The first-order chi connectivity index (χ1) is 9.81. The molecule has 0 unspecified atom stereocenters. The lowest BCUT2D eigenvalue weighted by molar-refractivity contribution is -0.119. The molecule has 0 bridgehead atoms. The van der Waals surface area contributed by atoms with E-state index in [0.29, 0.717) is 12.5 Å². The zero-order valence-corrected chi connectivity index (χ0v) is 11.5. The average Bonchev–Trinajstić information content (AvgIpc) is 2.92. The van der Waals surface area contributed by atoms with Crippen LogP contribution < -0.4 is 5.32 Å². The van der Waals surface area contributed by atoms with Crippen molar-refractivity contribution >= 4 is 5.91 Å². The van der Waals surface area contributed by atoms with E-state index in [9.17, 15) is 4.79 Å². The van der Waals surface area contributed by atoms with E-state index in [-0.39, 0.29) is 5.91 Å². The molecule has 1 N–H and O–H groups in total. The lowest BCUT2D eigenvalue weighted by Gasteiger charge is -2.10. The van der Waals surface area contributed by atoms with Crippen molar-refractivity contribution in [2.45, 2.75) is 31.7 Å². The van der Waals surface area contributed by atoms with E-state index in [1.165, 1.54) is 16.7 Å². The van der Waals surface area contributed by atoms with Gasteiger partial charge in [-0.25, -0.2) is 0 Å². The molecule has 0 saturated carbocycles. The number of carbonyl (C=O) groups is 1. The zero-order valence-electron chi connectivity index (χ0n) is 11.5. The van der Waals surface area contributed by atoms with Crippen LogP contribution in [0.4, 0.5) is 0 Å². The van der Waals surface area contributed by atoms with Gasteiger partial charge >= 0.3 is 0 Å². The maximum absolute atomic E-state index is 11.2. The maximum Gasteiger partial charge on any atom is 0.220 e. The number of amides is 1. The van der Waals surface area contributed by atoms with E-state index in [2.05, 4.69) is 53.8 Å². The molecule has 2 nitrogen and oxygen atoms in total. The fraction of sp³-hybridized carbons (Fsp3) is 0.278. The largest absolute Gasteiger partial charge is 0.353 e. The predicted molar refractivity (Wildman–Crippen MR) is 81.4 cm³/mol. The van der Waals surface area contributed by atoms with E-state index in [1.54, 1.807) is 0 Å². The zero-order chi connectivity index (χ0) is 13.8. The van der Waals surface area contributed by atoms with Crippen LogP contribution in [-0.4, -0.2) is 11.9 Å². The summed E-state index contributed by atoms with van der Waals surface area (Å²) in [6.07, 6.45) is 3.75. The molecule has 1 saturated heterocycles. The molecule has 1 atom stereocenters. The first-order valence-corrected chi connectivity index (χ1v) is 7.25. The molecule has 3 rings (SSSR count). The molecule has 102 valence electrons. The van der Waals surface area contributed by atoms with Gasteiger partial charge in [-0.1, -0.05) is 54.6 Å². The van der Waals surface area contributed by atoms with Gasteiger partial charge in [0, 0.05) is 12.5 Å². The van der Waals surface area contributed by atoms with Crippen molar-refractivity contribution in [3.05, 3.63) is 60.2 Å². The first-order valence-electron chi connectivity index (χ1n) is 7.25. The number of hydrogen-bond acceptors (Lipinski definition) is 1. The van der Waals surface area contributed by atoms with Gasteiger partial charge in [-0.2, -0.15) is 0 Å². The molecule has 1 heterocycles. The Morgan fingerprint density at radius 3 is 2.30 bits per heavy atom. The van der Waals surface area contributed by atoms with Crippen molar-refractivity contribution in [2.24, 2.45) is 0 Å². The SMILES string of the molecule is O=C1CC[C@@H](CCc2ccc(-c3ccccc3)cc2)N1. The number of nitrogens with one attached hydrogen (secondary N) is 1. The van der Waals surface area contributed by atoms with Gasteiger partial charge in [0.25, 0.3) is 0 Å². The van der Waals surface area contributed by atoms with E-state index in [0.717, 1.165) is 19.3 Å². The summed E-state index contributed by atoms with van der Waals surface area (Å²) < 4.78 is 0. The van der Waals surface area contributed by atoms with Crippen molar-refractivity contribution in [3.8, 4) is 11.1 Å². The minimum absolute atomic E-state index is 0.203. The van der Waals surface area contributed by atoms with Crippen molar-refractivity contribution < 1.29 is 4.79 Å². The highest BCUT2D eigenvalue weighted by atomic mass is 16.1. The molecule has 0 radical (unpaired) electrons. The van der Waals surface area contributed by atoms with E-state index < -0.39 is 0 Å². The van der Waals surface area contributed by atoms with Crippen LogP contribution >= 0.6 is 0 Å². The summed E-state index contributed by atoms with van der Waals surface area (Å²) in [7, 11) is 0. The van der Waals surface area contributed by atoms with Crippen LogP contribution in [-0.2, 0) is 11.2 Å². The average molecular weight is 265 g/mol. The molecule has 2 aromatic rings. The van der Waals surface area contributed by atoms with Crippen LogP contribution in [0.15, 0.2) is 54.6 Å². The smallest absolute Gasteiger partial charge is 0.220 e. The molecular weight excluding hydrogens is 246 g/mol. The molecule has 1 amide bonds. The monoisotopic (exact) mass is 265 g/mol.